The lowest BCUT2D eigenvalue weighted by Gasteiger charge is -2.04. The van der Waals surface area contributed by atoms with E-state index in [1.807, 2.05) is 18.2 Å². The molecule has 1 heterocycles. The van der Waals surface area contributed by atoms with Gasteiger partial charge >= 0.3 is 0 Å². The highest BCUT2D eigenvalue weighted by molar-refractivity contribution is 7.99. The second-order valence-electron chi connectivity index (χ2n) is 4.77. The summed E-state index contributed by atoms with van der Waals surface area (Å²) in [5.74, 6) is 0.899. The van der Waals surface area contributed by atoms with E-state index in [0.29, 0.717) is 15.9 Å². The third-order valence-corrected chi connectivity index (χ3v) is 4.22. The van der Waals surface area contributed by atoms with E-state index in [2.05, 4.69) is 15.3 Å². The number of nitrogens with one attached hydrogen (secondary N) is 2. The van der Waals surface area contributed by atoms with Gasteiger partial charge in [-0.2, -0.15) is 0 Å². The summed E-state index contributed by atoms with van der Waals surface area (Å²) in [6, 6.07) is 12.6. The van der Waals surface area contributed by atoms with E-state index in [0.717, 1.165) is 16.8 Å². The highest BCUT2D eigenvalue weighted by atomic mass is 35.5. The van der Waals surface area contributed by atoms with E-state index in [9.17, 15) is 4.79 Å². The van der Waals surface area contributed by atoms with Crippen molar-refractivity contribution < 1.29 is 9.53 Å². The number of carbonyl (C=O) groups is 1. The number of carbonyl (C=O) groups excluding carboxylic acids is 1. The van der Waals surface area contributed by atoms with Crippen LogP contribution in [0.2, 0.25) is 5.02 Å². The lowest BCUT2D eigenvalue weighted by Crippen LogP contribution is -2.13. The van der Waals surface area contributed by atoms with Crippen LogP contribution in [0, 0.1) is 0 Å². The van der Waals surface area contributed by atoms with Gasteiger partial charge in [0.15, 0.2) is 5.16 Å². The zero-order valence-corrected chi connectivity index (χ0v) is 13.9. The van der Waals surface area contributed by atoms with Crippen molar-refractivity contribution in [2.45, 2.75) is 5.16 Å². The van der Waals surface area contributed by atoms with Crippen molar-refractivity contribution in [3.8, 4) is 5.75 Å². The van der Waals surface area contributed by atoms with Gasteiger partial charge in [-0.1, -0.05) is 29.4 Å². The maximum absolute atomic E-state index is 12.0. The molecule has 0 unspecified atom stereocenters. The summed E-state index contributed by atoms with van der Waals surface area (Å²) in [5.41, 5.74) is 2.39. The van der Waals surface area contributed by atoms with Gasteiger partial charge in [0.25, 0.3) is 0 Å². The number of ether oxygens (including phenoxy) is 1. The fourth-order valence-electron chi connectivity index (χ4n) is 2.06. The molecular weight excluding hydrogens is 334 g/mol. The van der Waals surface area contributed by atoms with Crippen molar-refractivity contribution in [3.63, 3.8) is 0 Å². The van der Waals surface area contributed by atoms with Gasteiger partial charge in [0.2, 0.25) is 5.91 Å². The Morgan fingerprint density at radius 2 is 2.22 bits per heavy atom. The van der Waals surface area contributed by atoms with Crippen LogP contribution in [-0.4, -0.2) is 28.7 Å². The minimum Gasteiger partial charge on any atom is -0.497 e. The number of hydrogen-bond donors (Lipinski definition) is 2. The average Bonchev–Trinajstić information content (AvgIpc) is 2.94. The topological polar surface area (TPSA) is 67.0 Å². The number of thioether (sulfide) groups is 1. The molecule has 7 heteroatoms. The Morgan fingerprint density at radius 3 is 3.00 bits per heavy atom. The number of rotatable bonds is 5. The van der Waals surface area contributed by atoms with Crippen molar-refractivity contribution in [3.05, 3.63) is 47.5 Å². The van der Waals surface area contributed by atoms with Crippen LogP contribution in [0.1, 0.15) is 0 Å². The Kier molecular flexibility index (Phi) is 4.73. The fraction of sp³-hybridized carbons (Fsp3) is 0.125. The second kappa shape index (κ2) is 6.93. The molecule has 0 spiro atoms. The predicted molar refractivity (Wildman–Crippen MR) is 93.5 cm³/mol. The smallest absolute Gasteiger partial charge is 0.234 e. The first-order valence-corrected chi connectivity index (χ1v) is 8.22. The van der Waals surface area contributed by atoms with Crippen LogP contribution in [0.4, 0.5) is 5.69 Å². The van der Waals surface area contributed by atoms with Gasteiger partial charge in [-0.3, -0.25) is 4.79 Å². The molecule has 1 aromatic heterocycles. The molecule has 2 N–H and O–H groups in total. The molecule has 0 aliphatic rings. The van der Waals surface area contributed by atoms with Gasteiger partial charge in [-0.25, -0.2) is 4.98 Å². The zero-order chi connectivity index (χ0) is 16.2. The van der Waals surface area contributed by atoms with Crippen molar-refractivity contribution in [1.82, 2.24) is 9.97 Å². The molecular formula is C16H14ClN3O2S. The summed E-state index contributed by atoms with van der Waals surface area (Å²) in [6.45, 7) is 0. The number of fused-ring (bicyclic) bond motifs is 1. The standard InChI is InChI=1S/C16H14ClN3O2S/c1-22-12-5-6-13-14(8-12)20-16(19-13)23-9-15(21)18-11-4-2-3-10(17)7-11/h2-8H,9H2,1H3,(H,18,21)(H,19,20). The number of amides is 1. The summed E-state index contributed by atoms with van der Waals surface area (Å²) in [4.78, 5) is 19.6. The third-order valence-electron chi connectivity index (χ3n) is 3.12. The van der Waals surface area contributed by atoms with Crippen LogP contribution in [0.3, 0.4) is 0 Å². The van der Waals surface area contributed by atoms with Gasteiger partial charge in [0, 0.05) is 16.8 Å². The minimum atomic E-state index is -0.115. The molecule has 0 aliphatic heterocycles. The first kappa shape index (κ1) is 15.7. The number of H-pyrrole nitrogens is 1. The van der Waals surface area contributed by atoms with Crippen molar-refractivity contribution in [2.24, 2.45) is 0 Å². The predicted octanol–water partition coefficient (Wildman–Crippen LogP) is 3.96. The van der Waals surface area contributed by atoms with E-state index in [1.54, 1.807) is 31.4 Å². The lowest BCUT2D eigenvalue weighted by molar-refractivity contribution is -0.113. The number of anilines is 1. The minimum absolute atomic E-state index is 0.115. The monoisotopic (exact) mass is 347 g/mol. The van der Waals surface area contributed by atoms with Crippen LogP contribution in [-0.2, 0) is 4.79 Å². The number of imidazole rings is 1. The maximum atomic E-state index is 12.0. The van der Waals surface area contributed by atoms with Crippen LogP contribution >= 0.6 is 23.4 Å². The molecule has 3 rings (SSSR count). The lowest BCUT2D eigenvalue weighted by atomic mass is 10.3. The van der Waals surface area contributed by atoms with Gasteiger partial charge < -0.3 is 15.0 Å². The number of aromatic nitrogens is 2. The van der Waals surface area contributed by atoms with Crippen molar-refractivity contribution in [2.75, 3.05) is 18.2 Å². The molecule has 0 bridgehead atoms. The summed E-state index contributed by atoms with van der Waals surface area (Å²) in [5, 5.41) is 4.07. The summed E-state index contributed by atoms with van der Waals surface area (Å²) < 4.78 is 5.18. The number of nitrogens with zero attached hydrogens (tertiary/aromatic N) is 1. The number of methoxy groups -OCH3 is 1. The summed E-state index contributed by atoms with van der Waals surface area (Å²) >= 11 is 7.23. The van der Waals surface area contributed by atoms with Crippen LogP contribution in [0.5, 0.6) is 5.75 Å². The molecule has 0 saturated heterocycles. The highest BCUT2D eigenvalue weighted by Crippen LogP contribution is 2.23. The first-order chi connectivity index (χ1) is 11.1. The largest absolute Gasteiger partial charge is 0.497 e. The van der Waals surface area contributed by atoms with E-state index < -0.39 is 0 Å². The SMILES string of the molecule is COc1ccc2nc(SCC(=O)Nc3cccc(Cl)c3)[nH]c2c1. The van der Waals surface area contributed by atoms with Gasteiger partial charge in [-0.15, -0.1) is 0 Å². The molecule has 0 radical (unpaired) electrons. The third kappa shape index (κ3) is 3.97. The number of benzene rings is 2. The number of hydrogen-bond acceptors (Lipinski definition) is 4. The average molecular weight is 348 g/mol. The van der Waals surface area contributed by atoms with E-state index in [4.69, 9.17) is 16.3 Å². The Bertz CT molecular complexity index is 850. The number of halogens is 1. The Labute approximate surface area is 142 Å². The van der Waals surface area contributed by atoms with Crippen molar-refractivity contribution in [1.29, 1.82) is 0 Å². The van der Waals surface area contributed by atoms with Gasteiger partial charge in [-0.05, 0) is 30.3 Å². The molecule has 5 nitrogen and oxygen atoms in total. The molecule has 1 amide bonds. The highest BCUT2D eigenvalue weighted by Gasteiger charge is 2.08. The van der Waals surface area contributed by atoms with E-state index in [1.165, 1.54) is 11.8 Å². The summed E-state index contributed by atoms with van der Waals surface area (Å²) in [7, 11) is 1.62. The van der Waals surface area contributed by atoms with E-state index >= 15 is 0 Å². The Morgan fingerprint density at radius 1 is 1.35 bits per heavy atom. The molecule has 0 fully saturated rings. The molecule has 0 atom stereocenters. The second-order valence-corrected chi connectivity index (χ2v) is 6.17. The molecule has 2 aromatic carbocycles. The normalized spacial score (nSPS) is 10.7. The maximum Gasteiger partial charge on any atom is 0.234 e. The number of aromatic amines is 1. The Hall–Kier alpha value is -2.18. The van der Waals surface area contributed by atoms with Crippen LogP contribution in [0.25, 0.3) is 11.0 Å². The fourth-order valence-corrected chi connectivity index (χ4v) is 2.93. The van der Waals surface area contributed by atoms with Crippen LogP contribution in [0.15, 0.2) is 47.6 Å². The van der Waals surface area contributed by atoms with Gasteiger partial charge in [0.05, 0.1) is 23.9 Å². The molecule has 0 saturated carbocycles. The van der Waals surface area contributed by atoms with Crippen LogP contribution < -0.4 is 10.1 Å². The summed E-state index contributed by atoms with van der Waals surface area (Å²) in [6.07, 6.45) is 0. The molecule has 0 aliphatic carbocycles. The zero-order valence-electron chi connectivity index (χ0n) is 12.3. The van der Waals surface area contributed by atoms with Gasteiger partial charge in [0.1, 0.15) is 5.75 Å². The quantitative estimate of drug-likeness (QED) is 0.686. The molecule has 23 heavy (non-hydrogen) atoms. The van der Waals surface area contributed by atoms with Crippen molar-refractivity contribution >= 4 is 46.0 Å². The Balaban J connectivity index is 1.62. The molecule has 3 aromatic rings. The molecule has 118 valence electrons. The van der Waals surface area contributed by atoms with E-state index in [-0.39, 0.29) is 11.7 Å². The first-order valence-electron chi connectivity index (χ1n) is 6.86.